The molecule has 7 aromatic rings. The number of nitrogens with zero attached hydrogens (tertiary/aromatic N) is 3. The maximum absolute atomic E-state index is 9.17. The molecule has 2 aromatic heterocycles. The van der Waals surface area contributed by atoms with E-state index in [9.17, 15) is 5.26 Å². The molecule has 0 aliphatic carbocycles. The van der Waals surface area contributed by atoms with Gasteiger partial charge in [0.1, 0.15) is 5.01 Å². The zero-order valence-electron chi connectivity index (χ0n) is 19.2. The average Bonchev–Trinajstić information content (AvgIpc) is 3.53. The average molecular weight is 478 g/mol. The van der Waals surface area contributed by atoms with Crippen LogP contribution in [0, 0.1) is 11.3 Å². The number of rotatable bonds is 3. The highest BCUT2D eigenvalue weighted by Gasteiger charge is 2.18. The van der Waals surface area contributed by atoms with Gasteiger partial charge in [-0.2, -0.15) is 5.26 Å². The fourth-order valence-corrected chi connectivity index (χ4v) is 6.08. The zero-order valence-corrected chi connectivity index (χ0v) is 20.0. The predicted octanol–water partition coefficient (Wildman–Crippen LogP) is 8.60. The minimum atomic E-state index is 0.666. The summed E-state index contributed by atoms with van der Waals surface area (Å²) in [6.45, 7) is 0. The van der Waals surface area contributed by atoms with Gasteiger partial charge in [-0.25, -0.2) is 4.98 Å². The van der Waals surface area contributed by atoms with E-state index in [0.29, 0.717) is 5.56 Å². The molecular formula is C32H19N3S. The molecule has 0 amide bonds. The van der Waals surface area contributed by atoms with Gasteiger partial charge in [0.2, 0.25) is 0 Å². The highest BCUT2D eigenvalue weighted by atomic mass is 32.1. The third-order valence-corrected chi connectivity index (χ3v) is 7.79. The van der Waals surface area contributed by atoms with Crippen LogP contribution in [0.25, 0.3) is 59.4 Å². The van der Waals surface area contributed by atoms with Crippen molar-refractivity contribution in [2.24, 2.45) is 0 Å². The van der Waals surface area contributed by atoms with Crippen LogP contribution in [0.15, 0.2) is 115 Å². The number of aromatic nitrogens is 2. The van der Waals surface area contributed by atoms with Gasteiger partial charge in [0, 0.05) is 22.0 Å². The van der Waals surface area contributed by atoms with Crippen molar-refractivity contribution in [3.05, 3.63) is 121 Å². The van der Waals surface area contributed by atoms with E-state index in [1.165, 1.54) is 26.5 Å². The van der Waals surface area contributed by atoms with Crippen LogP contribution in [0.3, 0.4) is 0 Å². The molecular weight excluding hydrogens is 458 g/mol. The SMILES string of the molecule is N#Cc1ccc(-c2cccc(-n3c4ccccc4c4ccc5nc(-c6ccccc6)sc5c43)c2)cc1. The number of benzene rings is 5. The highest BCUT2D eigenvalue weighted by Crippen LogP contribution is 2.41. The Morgan fingerprint density at radius 1 is 0.667 bits per heavy atom. The fraction of sp³-hybridized carbons (Fsp3) is 0. The van der Waals surface area contributed by atoms with Crippen LogP contribution < -0.4 is 0 Å². The molecule has 2 heterocycles. The monoisotopic (exact) mass is 477 g/mol. The lowest BCUT2D eigenvalue weighted by Gasteiger charge is -2.11. The Morgan fingerprint density at radius 3 is 2.28 bits per heavy atom. The van der Waals surface area contributed by atoms with Crippen LogP contribution in [0.1, 0.15) is 5.56 Å². The summed E-state index contributed by atoms with van der Waals surface area (Å²) in [4.78, 5) is 5.00. The van der Waals surface area contributed by atoms with Crippen molar-refractivity contribution in [2.75, 3.05) is 0 Å². The topological polar surface area (TPSA) is 41.6 Å². The molecule has 0 atom stereocenters. The lowest BCUT2D eigenvalue weighted by molar-refractivity contribution is 1.19. The first-order valence-electron chi connectivity index (χ1n) is 11.8. The smallest absolute Gasteiger partial charge is 0.124 e. The van der Waals surface area contributed by atoms with Gasteiger partial charge in [-0.1, -0.05) is 72.8 Å². The van der Waals surface area contributed by atoms with Gasteiger partial charge in [0.15, 0.2) is 0 Å². The van der Waals surface area contributed by atoms with Crippen LogP contribution in [0.5, 0.6) is 0 Å². The first-order valence-corrected chi connectivity index (χ1v) is 12.6. The first kappa shape index (κ1) is 20.6. The second-order valence-electron chi connectivity index (χ2n) is 8.79. The summed E-state index contributed by atoms with van der Waals surface area (Å²) in [6.07, 6.45) is 0. The molecule has 0 fully saturated rings. The molecule has 3 nitrogen and oxygen atoms in total. The number of hydrogen-bond acceptors (Lipinski definition) is 3. The lowest BCUT2D eigenvalue weighted by atomic mass is 10.0. The Labute approximate surface area is 212 Å². The fourth-order valence-electron chi connectivity index (χ4n) is 4.97. The molecule has 4 heteroatoms. The third-order valence-electron chi connectivity index (χ3n) is 6.66. The molecule has 0 radical (unpaired) electrons. The quantitative estimate of drug-likeness (QED) is 0.256. The summed E-state index contributed by atoms with van der Waals surface area (Å²) < 4.78 is 3.55. The van der Waals surface area contributed by atoms with E-state index in [0.717, 1.165) is 32.9 Å². The van der Waals surface area contributed by atoms with Crippen molar-refractivity contribution in [1.82, 2.24) is 9.55 Å². The van der Waals surface area contributed by atoms with Crippen LogP contribution in [-0.2, 0) is 0 Å². The van der Waals surface area contributed by atoms with Gasteiger partial charge in [0.05, 0.1) is 32.9 Å². The van der Waals surface area contributed by atoms with Gasteiger partial charge >= 0.3 is 0 Å². The lowest BCUT2D eigenvalue weighted by Crippen LogP contribution is -1.94. The number of para-hydroxylation sites is 1. The normalized spacial score (nSPS) is 11.3. The van der Waals surface area contributed by atoms with E-state index in [2.05, 4.69) is 95.6 Å². The van der Waals surface area contributed by atoms with E-state index in [1.54, 1.807) is 11.3 Å². The van der Waals surface area contributed by atoms with Crippen molar-refractivity contribution >= 4 is 43.4 Å². The van der Waals surface area contributed by atoms with E-state index in [1.807, 2.05) is 30.3 Å². The molecule has 0 N–H and O–H groups in total. The maximum atomic E-state index is 9.17. The molecule has 0 aliphatic rings. The van der Waals surface area contributed by atoms with Gasteiger partial charge in [0.25, 0.3) is 0 Å². The minimum Gasteiger partial charge on any atom is -0.308 e. The summed E-state index contributed by atoms with van der Waals surface area (Å²) in [5, 5.41) is 12.7. The number of thiazole rings is 1. The van der Waals surface area contributed by atoms with E-state index >= 15 is 0 Å². The number of hydrogen-bond donors (Lipinski definition) is 0. The highest BCUT2D eigenvalue weighted by molar-refractivity contribution is 7.22. The largest absolute Gasteiger partial charge is 0.308 e. The Hall–Kier alpha value is -4.72. The van der Waals surface area contributed by atoms with Gasteiger partial charge in [-0.05, 0) is 53.6 Å². The predicted molar refractivity (Wildman–Crippen MR) is 150 cm³/mol. The van der Waals surface area contributed by atoms with E-state index < -0.39 is 0 Å². The molecule has 0 spiro atoms. The Kier molecular flexibility index (Phi) is 4.70. The molecule has 7 rings (SSSR count). The van der Waals surface area contributed by atoms with Crippen LogP contribution in [-0.4, -0.2) is 9.55 Å². The second kappa shape index (κ2) is 8.20. The van der Waals surface area contributed by atoms with Crippen molar-refractivity contribution in [3.63, 3.8) is 0 Å². The van der Waals surface area contributed by atoms with Crippen LogP contribution in [0.4, 0.5) is 0 Å². The second-order valence-corrected chi connectivity index (χ2v) is 9.79. The summed E-state index contributed by atoms with van der Waals surface area (Å²) >= 11 is 1.75. The summed E-state index contributed by atoms with van der Waals surface area (Å²) in [6, 6.07) is 41.9. The van der Waals surface area contributed by atoms with E-state index in [-0.39, 0.29) is 0 Å². The van der Waals surface area contributed by atoms with Crippen molar-refractivity contribution in [1.29, 1.82) is 5.26 Å². The summed E-state index contributed by atoms with van der Waals surface area (Å²) in [5.41, 5.74) is 8.48. The number of fused-ring (bicyclic) bond motifs is 5. The molecule has 0 bridgehead atoms. The molecule has 168 valence electrons. The summed E-state index contributed by atoms with van der Waals surface area (Å²) in [5.74, 6) is 0. The zero-order chi connectivity index (χ0) is 24.1. The first-order chi connectivity index (χ1) is 17.8. The van der Waals surface area contributed by atoms with E-state index in [4.69, 9.17) is 4.98 Å². The molecule has 0 saturated heterocycles. The Balaban J connectivity index is 1.51. The van der Waals surface area contributed by atoms with Gasteiger partial charge in [-0.15, -0.1) is 11.3 Å². The van der Waals surface area contributed by atoms with Crippen molar-refractivity contribution in [2.45, 2.75) is 0 Å². The molecule has 5 aromatic carbocycles. The van der Waals surface area contributed by atoms with Crippen molar-refractivity contribution < 1.29 is 0 Å². The third kappa shape index (κ3) is 3.22. The van der Waals surface area contributed by atoms with Crippen molar-refractivity contribution in [3.8, 4) is 33.5 Å². The molecule has 0 saturated carbocycles. The Morgan fingerprint density at radius 2 is 1.44 bits per heavy atom. The molecule has 0 aliphatic heterocycles. The van der Waals surface area contributed by atoms with Gasteiger partial charge in [-0.3, -0.25) is 0 Å². The summed E-state index contributed by atoms with van der Waals surface area (Å²) in [7, 11) is 0. The van der Waals surface area contributed by atoms with Gasteiger partial charge < -0.3 is 4.57 Å². The Bertz CT molecular complexity index is 1940. The maximum Gasteiger partial charge on any atom is 0.124 e. The molecule has 0 unspecified atom stereocenters. The standard InChI is InChI=1S/C32H19N3S/c33-20-21-13-15-22(16-14-21)24-9-6-10-25(19-24)35-29-12-5-4-11-26(29)27-17-18-28-31(30(27)35)36-32(34-28)23-7-2-1-3-8-23/h1-19H. The molecule has 36 heavy (non-hydrogen) atoms. The van der Waals surface area contributed by atoms with Crippen LogP contribution >= 0.6 is 11.3 Å². The minimum absolute atomic E-state index is 0.666. The van der Waals surface area contributed by atoms with Crippen LogP contribution in [0.2, 0.25) is 0 Å². The number of nitriles is 1.